The second-order valence-corrected chi connectivity index (χ2v) is 4.86. The summed E-state index contributed by atoms with van der Waals surface area (Å²) in [6, 6.07) is 10.8. The van der Waals surface area contributed by atoms with E-state index in [1.807, 2.05) is 38.2 Å². The lowest BCUT2D eigenvalue weighted by molar-refractivity contribution is 0.385. The van der Waals surface area contributed by atoms with Crippen LogP contribution in [0, 0.1) is 12.7 Å². The van der Waals surface area contributed by atoms with Crippen LogP contribution in [0.5, 0.6) is 11.5 Å². The number of hydrogen-bond donors (Lipinski definition) is 1. The Hall–Kier alpha value is -2.07. The van der Waals surface area contributed by atoms with Crippen molar-refractivity contribution >= 4 is 0 Å². The number of benzene rings is 2. The maximum atomic E-state index is 13.9. The normalized spacial score (nSPS) is 12.0. The molecule has 1 atom stereocenters. The number of hydrogen-bond acceptors (Lipinski definition) is 3. The van der Waals surface area contributed by atoms with Crippen LogP contribution in [-0.2, 0) is 0 Å². The SMILES string of the molecule is CNC(c1ccc(OC)c(F)c1)c1ccc(C)cc1OC. The van der Waals surface area contributed by atoms with E-state index in [9.17, 15) is 4.39 Å². The van der Waals surface area contributed by atoms with Gasteiger partial charge in [-0.25, -0.2) is 4.39 Å². The van der Waals surface area contributed by atoms with Crippen LogP contribution >= 0.6 is 0 Å². The molecular formula is C17H20FNO2. The fourth-order valence-electron chi connectivity index (χ4n) is 2.42. The number of methoxy groups -OCH3 is 2. The molecule has 0 fully saturated rings. The summed E-state index contributed by atoms with van der Waals surface area (Å²) in [4.78, 5) is 0. The van der Waals surface area contributed by atoms with Crippen LogP contribution in [0.3, 0.4) is 0 Å². The third-order valence-corrected chi connectivity index (χ3v) is 3.50. The highest BCUT2D eigenvalue weighted by Crippen LogP contribution is 2.32. The molecule has 0 saturated carbocycles. The van der Waals surface area contributed by atoms with E-state index in [-0.39, 0.29) is 17.6 Å². The van der Waals surface area contributed by atoms with Gasteiger partial charge < -0.3 is 14.8 Å². The maximum absolute atomic E-state index is 13.9. The molecule has 0 aliphatic rings. The summed E-state index contributed by atoms with van der Waals surface area (Å²) in [6.45, 7) is 2.01. The summed E-state index contributed by atoms with van der Waals surface area (Å²) in [7, 11) is 4.93. The molecule has 0 aromatic heterocycles. The van der Waals surface area contributed by atoms with Crippen molar-refractivity contribution in [3.63, 3.8) is 0 Å². The molecule has 0 bridgehead atoms. The maximum Gasteiger partial charge on any atom is 0.165 e. The van der Waals surface area contributed by atoms with Gasteiger partial charge in [0.2, 0.25) is 0 Å². The number of ether oxygens (including phenoxy) is 2. The summed E-state index contributed by atoms with van der Waals surface area (Å²) in [6.07, 6.45) is 0. The van der Waals surface area contributed by atoms with Crippen LogP contribution in [0.15, 0.2) is 36.4 Å². The fraction of sp³-hybridized carbons (Fsp3) is 0.294. The average molecular weight is 289 g/mol. The van der Waals surface area contributed by atoms with Crippen LogP contribution in [0.2, 0.25) is 0 Å². The van der Waals surface area contributed by atoms with E-state index in [2.05, 4.69) is 5.32 Å². The van der Waals surface area contributed by atoms with E-state index in [1.54, 1.807) is 13.2 Å². The predicted molar refractivity (Wildman–Crippen MR) is 81.6 cm³/mol. The van der Waals surface area contributed by atoms with Crippen molar-refractivity contribution in [2.75, 3.05) is 21.3 Å². The average Bonchev–Trinajstić information content (AvgIpc) is 2.49. The molecule has 0 saturated heterocycles. The van der Waals surface area contributed by atoms with Gasteiger partial charge in [-0.15, -0.1) is 0 Å². The molecule has 0 aliphatic heterocycles. The van der Waals surface area contributed by atoms with Gasteiger partial charge in [-0.1, -0.05) is 18.2 Å². The van der Waals surface area contributed by atoms with Gasteiger partial charge in [0.15, 0.2) is 11.6 Å². The number of halogens is 1. The lowest BCUT2D eigenvalue weighted by atomic mass is 9.96. The first-order valence-electron chi connectivity index (χ1n) is 6.76. The third-order valence-electron chi connectivity index (χ3n) is 3.50. The van der Waals surface area contributed by atoms with Crippen LogP contribution in [-0.4, -0.2) is 21.3 Å². The van der Waals surface area contributed by atoms with Crippen LogP contribution in [0.4, 0.5) is 4.39 Å². The Morgan fingerprint density at radius 3 is 2.29 bits per heavy atom. The monoisotopic (exact) mass is 289 g/mol. The van der Waals surface area contributed by atoms with Gasteiger partial charge in [0.1, 0.15) is 5.75 Å². The zero-order chi connectivity index (χ0) is 15.4. The van der Waals surface area contributed by atoms with E-state index in [4.69, 9.17) is 9.47 Å². The molecule has 2 aromatic rings. The lowest BCUT2D eigenvalue weighted by Gasteiger charge is -2.20. The third kappa shape index (κ3) is 3.16. The summed E-state index contributed by atoms with van der Waals surface area (Å²) in [5, 5.41) is 3.21. The zero-order valence-corrected chi connectivity index (χ0v) is 12.7. The van der Waals surface area contributed by atoms with E-state index in [1.165, 1.54) is 13.2 Å². The van der Waals surface area contributed by atoms with Gasteiger partial charge in [0.25, 0.3) is 0 Å². The predicted octanol–water partition coefficient (Wildman–Crippen LogP) is 3.46. The molecule has 2 rings (SSSR count). The minimum absolute atomic E-state index is 0.152. The first-order chi connectivity index (χ1) is 10.1. The number of rotatable bonds is 5. The molecule has 112 valence electrons. The van der Waals surface area contributed by atoms with Crippen LogP contribution in [0.25, 0.3) is 0 Å². The van der Waals surface area contributed by atoms with Crippen molar-refractivity contribution in [3.8, 4) is 11.5 Å². The largest absolute Gasteiger partial charge is 0.496 e. The fourth-order valence-corrected chi connectivity index (χ4v) is 2.42. The molecule has 4 heteroatoms. The molecule has 21 heavy (non-hydrogen) atoms. The summed E-state index contributed by atoms with van der Waals surface area (Å²) >= 11 is 0. The second-order valence-electron chi connectivity index (χ2n) is 4.86. The van der Waals surface area contributed by atoms with Crippen molar-refractivity contribution in [1.82, 2.24) is 5.32 Å². The highest BCUT2D eigenvalue weighted by atomic mass is 19.1. The summed E-state index contributed by atoms with van der Waals surface area (Å²) in [5.41, 5.74) is 2.90. The molecule has 0 radical (unpaired) electrons. The van der Waals surface area contributed by atoms with Gasteiger partial charge in [-0.3, -0.25) is 0 Å². The Labute approximate surface area is 124 Å². The molecule has 0 heterocycles. The minimum atomic E-state index is -0.374. The van der Waals surface area contributed by atoms with E-state index in [0.29, 0.717) is 0 Å². The Kier molecular flexibility index (Phi) is 4.81. The molecule has 2 aromatic carbocycles. The van der Waals surface area contributed by atoms with Gasteiger partial charge >= 0.3 is 0 Å². The molecule has 0 amide bonds. The van der Waals surface area contributed by atoms with Crippen molar-refractivity contribution in [3.05, 3.63) is 58.9 Å². The zero-order valence-electron chi connectivity index (χ0n) is 12.7. The molecule has 1 N–H and O–H groups in total. The molecule has 0 spiro atoms. The molecule has 0 aliphatic carbocycles. The smallest absolute Gasteiger partial charge is 0.165 e. The lowest BCUT2D eigenvalue weighted by Crippen LogP contribution is -2.18. The second kappa shape index (κ2) is 6.59. The van der Waals surface area contributed by atoms with Crippen LogP contribution < -0.4 is 14.8 Å². The Bertz CT molecular complexity index is 628. The Morgan fingerprint density at radius 2 is 1.71 bits per heavy atom. The minimum Gasteiger partial charge on any atom is -0.496 e. The van der Waals surface area contributed by atoms with Gasteiger partial charge in [0, 0.05) is 5.56 Å². The number of aryl methyl sites for hydroxylation is 1. The van der Waals surface area contributed by atoms with Gasteiger partial charge in [-0.2, -0.15) is 0 Å². The first kappa shape index (κ1) is 15.3. The van der Waals surface area contributed by atoms with Crippen molar-refractivity contribution in [2.45, 2.75) is 13.0 Å². The molecule has 3 nitrogen and oxygen atoms in total. The quantitative estimate of drug-likeness (QED) is 0.914. The van der Waals surface area contributed by atoms with Crippen molar-refractivity contribution in [1.29, 1.82) is 0 Å². The van der Waals surface area contributed by atoms with E-state index < -0.39 is 0 Å². The molecule has 1 unspecified atom stereocenters. The van der Waals surface area contributed by atoms with Gasteiger partial charge in [-0.05, 0) is 43.3 Å². The standard InChI is InChI=1S/C17H20FNO2/c1-11-5-7-13(16(9-11)21-4)17(19-2)12-6-8-15(20-3)14(18)10-12/h5-10,17,19H,1-4H3. The summed E-state index contributed by atoms with van der Waals surface area (Å²) < 4.78 is 24.3. The summed E-state index contributed by atoms with van der Waals surface area (Å²) in [5.74, 6) is 0.649. The van der Waals surface area contributed by atoms with Crippen molar-refractivity contribution in [2.24, 2.45) is 0 Å². The van der Waals surface area contributed by atoms with E-state index >= 15 is 0 Å². The highest BCUT2D eigenvalue weighted by Gasteiger charge is 2.18. The molecular weight excluding hydrogens is 269 g/mol. The van der Waals surface area contributed by atoms with Gasteiger partial charge in [0.05, 0.1) is 20.3 Å². The number of nitrogens with one attached hydrogen (secondary N) is 1. The topological polar surface area (TPSA) is 30.5 Å². The first-order valence-corrected chi connectivity index (χ1v) is 6.76. The highest BCUT2D eigenvalue weighted by molar-refractivity contribution is 5.44. The Balaban J connectivity index is 2.46. The van der Waals surface area contributed by atoms with E-state index in [0.717, 1.165) is 22.4 Å². The van der Waals surface area contributed by atoms with Crippen LogP contribution in [0.1, 0.15) is 22.7 Å². The Morgan fingerprint density at radius 1 is 1.00 bits per heavy atom. The van der Waals surface area contributed by atoms with Crippen molar-refractivity contribution < 1.29 is 13.9 Å².